The number of hydrogen-bond acceptors (Lipinski definition) is 2. The van der Waals surface area contributed by atoms with E-state index in [1.54, 1.807) is 0 Å². The Morgan fingerprint density at radius 1 is 1.25 bits per heavy atom. The lowest BCUT2D eigenvalue weighted by atomic mass is 10.1. The number of carbonyl (C=O) groups is 1. The highest BCUT2D eigenvalue weighted by atomic mass is 16.4. The molecule has 2 rings (SSSR count). The molecule has 0 radical (unpaired) electrons. The van der Waals surface area contributed by atoms with Crippen LogP contribution in [0.1, 0.15) is 11.1 Å². The molecule has 1 aliphatic heterocycles. The van der Waals surface area contributed by atoms with Crippen molar-refractivity contribution < 1.29 is 9.90 Å². The topological polar surface area (TPSA) is 43.4 Å². The number of rotatable bonds is 0. The molecule has 0 spiro atoms. The van der Waals surface area contributed by atoms with Gasteiger partial charge < -0.3 is 14.8 Å². The summed E-state index contributed by atoms with van der Waals surface area (Å²) in [6.07, 6.45) is -1.09. The van der Waals surface area contributed by atoms with Gasteiger partial charge in [0, 0.05) is 13.1 Å². The maximum absolute atomic E-state index is 10.5. The number of nitrogens with zero attached hydrogens (tertiary/aromatic N) is 1. The van der Waals surface area contributed by atoms with Gasteiger partial charge in [-0.3, -0.25) is 0 Å². The molecular weight excluding hydrogens is 154 g/mol. The lowest BCUT2D eigenvalue weighted by Gasteiger charge is -2.16. The van der Waals surface area contributed by atoms with Gasteiger partial charge in [0.25, 0.3) is 0 Å². The van der Waals surface area contributed by atoms with E-state index in [2.05, 4.69) is 0 Å². The summed E-state index contributed by atoms with van der Waals surface area (Å²) < 4.78 is 0. The normalized spacial score (nSPS) is 14.5. The molecule has 0 bridgehead atoms. The highest BCUT2D eigenvalue weighted by molar-refractivity contribution is 5.64. The molecule has 1 amide bonds. The summed E-state index contributed by atoms with van der Waals surface area (Å²) in [6.45, 7) is 0.941. The molecule has 0 unspecified atom stereocenters. The predicted octanol–water partition coefficient (Wildman–Crippen LogP) is 0.345. The second-order valence-electron chi connectivity index (χ2n) is 2.89. The molecule has 1 aliphatic rings. The summed E-state index contributed by atoms with van der Waals surface area (Å²) in [5.41, 5.74) is 2.17. The lowest BCUT2D eigenvalue weighted by molar-refractivity contribution is -0.266. The number of carbonyl (C=O) groups excluding carboxylic acids is 1. The van der Waals surface area contributed by atoms with Crippen LogP contribution in [0.25, 0.3) is 0 Å². The van der Waals surface area contributed by atoms with Crippen LogP contribution in [-0.2, 0) is 13.1 Å². The first-order chi connectivity index (χ1) is 5.77. The van der Waals surface area contributed by atoms with Crippen LogP contribution in [0.2, 0.25) is 0 Å². The summed E-state index contributed by atoms with van der Waals surface area (Å²) in [5.74, 6) is 0. The molecule has 0 fully saturated rings. The summed E-state index contributed by atoms with van der Waals surface area (Å²) in [7, 11) is 0. The molecule has 0 saturated carbocycles. The highest BCUT2D eigenvalue weighted by Gasteiger charge is 2.16. The van der Waals surface area contributed by atoms with E-state index in [1.165, 1.54) is 4.90 Å². The molecule has 62 valence electrons. The van der Waals surface area contributed by atoms with Crippen molar-refractivity contribution in [2.75, 3.05) is 0 Å². The standard InChI is InChI=1S/C9H9NO2/c11-9(12)10-5-7-3-1-2-4-8(7)6-10/h1-4H,5-6H2,(H,11,12)/p-1. The Kier molecular flexibility index (Phi) is 1.50. The Labute approximate surface area is 70.2 Å². The van der Waals surface area contributed by atoms with E-state index in [4.69, 9.17) is 0 Å². The fraction of sp³-hybridized carbons (Fsp3) is 0.222. The second kappa shape index (κ2) is 2.52. The van der Waals surface area contributed by atoms with Crippen molar-refractivity contribution in [1.29, 1.82) is 0 Å². The van der Waals surface area contributed by atoms with Gasteiger partial charge in [0.1, 0.15) is 6.09 Å². The van der Waals surface area contributed by atoms with Crippen molar-refractivity contribution >= 4 is 6.09 Å². The van der Waals surface area contributed by atoms with Crippen LogP contribution in [-0.4, -0.2) is 11.0 Å². The second-order valence-corrected chi connectivity index (χ2v) is 2.89. The largest absolute Gasteiger partial charge is 0.530 e. The SMILES string of the molecule is O=C([O-])N1Cc2ccccc2C1. The van der Waals surface area contributed by atoms with Crippen LogP contribution in [0, 0.1) is 0 Å². The van der Waals surface area contributed by atoms with Crippen molar-refractivity contribution in [2.24, 2.45) is 0 Å². The first-order valence-corrected chi connectivity index (χ1v) is 3.80. The molecule has 0 saturated heterocycles. The van der Waals surface area contributed by atoms with Crippen LogP contribution in [0.15, 0.2) is 24.3 Å². The zero-order valence-electron chi connectivity index (χ0n) is 6.49. The van der Waals surface area contributed by atoms with Crippen molar-refractivity contribution in [3.63, 3.8) is 0 Å². The van der Waals surface area contributed by atoms with Crippen molar-refractivity contribution in [3.8, 4) is 0 Å². The molecule has 0 atom stereocenters. The summed E-state index contributed by atoms with van der Waals surface area (Å²) in [4.78, 5) is 11.8. The number of fused-ring (bicyclic) bond motifs is 1. The van der Waals surface area contributed by atoms with Crippen LogP contribution < -0.4 is 5.11 Å². The molecule has 1 aromatic rings. The third-order valence-corrected chi connectivity index (χ3v) is 2.10. The van der Waals surface area contributed by atoms with E-state index in [0.717, 1.165) is 11.1 Å². The van der Waals surface area contributed by atoms with Gasteiger partial charge in [0.2, 0.25) is 0 Å². The Bertz CT molecular complexity index is 297. The van der Waals surface area contributed by atoms with E-state index >= 15 is 0 Å². The first-order valence-electron chi connectivity index (χ1n) is 3.80. The van der Waals surface area contributed by atoms with E-state index in [1.807, 2.05) is 24.3 Å². The smallest absolute Gasteiger partial charge is 0.137 e. The van der Waals surface area contributed by atoms with E-state index < -0.39 is 6.09 Å². The average Bonchev–Trinajstić information content (AvgIpc) is 2.46. The Morgan fingerprint density at radius 3 is 2.17 bits per heavy atom. The quantitative estimate of drug-likeness (QED) is 0.552. The van der Waals surface area contributed by atoms with E-state index in [-0.39, 0.29) is 0 Å². The molecule has 1 aromatic carbocycles. The fourth-order valence-corrected chi connectivity index (χ4v) is 1.46. The third-order valence-electron chi connectivity index (χ3n) is 2.10. The number of carboxylic acid groups (broad SMARTS) is 1. The van der Waals surface area contributed by atoms with E-state index in [9.17, 15) is 9.90 Å². The molecule has 12 heavy (non-hydrogen) atoms. The minimum absolute atomic E-state index is 0.471. The third kappa shape index (κ3) is 1.03. The summed E-state index contributed by atoms with van der Waals surface area (Å²) in [5, 5.41) is 10.5. The molecular formula is C9H8NO2-. The predicted molar refractivity (Wildman–Crippen MR) is 41.1 cm³/mol. The van der Waals surface area contributed by atoms with Gasteiger partial charge in [-0.2, -0.15) is 0 Å². The zero-order valence-corrected chi connectivity index (χ0v) is 6.49. The van der Waals surface area contributed by atoms with Gasteiger partial charge in [0.15, 0.2) is 0 Å². The van der Waals surface area contributed by atoms with Gasteiger partial charge in [-0.1, -0.05) is 24.3 Å². The molecule has 3 heteroatoms. The monoisotopic (exact) mass is 162 g/mol. The molecule has 3 nitrogen and oxygen atoms in total. The summed E-state index contributed by atoms with van der Waals surface area (Å²) in [6, 6.07) is 7.71. The van der Waals surface area contributed by atoms with Crippen molar-refractivity contribution in [1.82, 2.24) is 4.90 Å². The van der Waals surface area contributed by atoms with Crippen molar-refractivity contribution in [2.45, 2.75) is 13.1 Å². The van der Waals surface area contributed by atoms with Crippen molar-refractivity contribution in [3.05, 3.63) is 35.4 Å². The molecule has 0 aromatic heterocycles. The minimum atomic E-state index is -1.09. The number of amides is 1. The molecule has 0 N–H and O–H groups in total. The molecule has 1 heterocycles. The van der Waals surface area contributed by atoms with Crippen LogP contribution in [0.5, 0.6) is 0 Å². The maximum Gasteiger partial charge on any atom is 0.137 e. The first kappa shape index (κ1) is 7.16. The Hall–Kier alpha value is -1.51. The van der Waals surface area contributed by atoms with Gasteiger partial charge in [0.05, 0.1) is 0 Å². The Balaban J connectivity index is 2.27. The Morgan fingerprint density at radius 2 is 1.75 bits per heavy atom. The minimum Gasteiger partial charge on any atom is -0.530 e. The zero-order chi connectivity index (χ0) is 8.55. The average molecular weight is 162 g/mol. The number of benzene rings is 1. The van der Waals surface area contributed by atoms with Gasteiger partial charge in [-0.25, -0.2) is 0 Å². The fourth-order valence-electron chi connectivity index (χ4n) is 1.46. The summed E-state index contributed by atoms with van der Waals surface area (Å²) >= 11 is 0. The van der Waals surface area contributed by atoms with Gasteiger partial charge in [-0.05, 0) is 11.1 Å². The lowest BCUT2D eigenvalue weighted by Crippen LogP contribution is -2.37. The van der Waals surface area contributed by atoms with E-state index in [0.29, 0.717) is 13.1 Å². The van der Waals surface area contributed by atoms with Gasteiger partial charge in [-0.15, -0.1) is 0 Å². The van der Waals surface area contributed by atoms with Crippen LogP contribution in [0.3, 0.4) is 0 Å². The van der Waals surface area contributed by atoms with Gasteiger partial charge >= 0.3 is 0 Å². The van der Waals surface area contributed by atoms with Crippen LogP contribution >= 0.6 is 0 Å². The highest BCUT2D eigenvalue weighted by Crippen LogP contribution is 2.21. The number of hydrogen-bond donors (Lipinski definition) is 0. The maximum atomic E-state index is 10.5. The molecule has 0 aliphatic carbocycles. The van der Waals surface area contributed by atoms with Crippen LogP contribution in [0.4, 0.5) is 4.79 Å².